The summed E-state index contributed by atoms with van der Waals surface area (Å²) in [7, 11) is 0. The Kier molecular flexibility index (Phi) is 5.33. The lowest BCUT2D eigenvalue weighted by Crippen LogP contribution is -2.31. The smallest absolute Gasteiger partial charge is 0.251 e. The van der Waals surface area contributed by atoms with Crippen molar-refractivity contribution in [3.63, 3.8) is 0 Å². The summed E-state index contributed by atoms with van der Waals surface area (Å²) >= 11 is 6.14. The minimum atomic E-state index is 0.0143. The molecule has 0 radical (unpaired) electrons. The number of carbonyl (C=O) groups excluding carboxylic acids is 1. The first kappa shape index (κ1) is 17.8. The van der Waals surface area contributed by atoms with Gasteiger partial charge in [0.1, 0.15) is 0 Å². The molecule has 1 N–H and O–H groups in total. The summed E-state index contributed by atoms with van der Waals surface area (Å²) in [5, 5.41) is 3.86. The van der Waals surface area contributed by atoms with E-state index in [9.17, 15) is 4.79 Å². The van der Waals surface area contributed by atoms with Crippen molar-refractivity contribution in [1.82, 2.24) is 5.32 Å². The number of carbonyl (C=O) groups is 1. The number of halogens is 1. The van der Waals surface area contributed by atoms with Crippen LogP contribution < -0.4 is 10.2 Å². The molecule has 2 aromatic rings. The molecule has 1 unspecified atom stereocenters. The molecule has 25 heavy (non-hydrogen) atoms. The first-order chi connectivity index (χ1) is 11.9. The molecule has 0 spiro atoms. The highest BCUT2D eigenvalue weighted by atomic mass is 35.5. The van der Waals surface area contributed by atoms with Gasteiger partial charge >= 0.3 is 0 Å². The predicted molar refractivity (Wildman–Crippen MR) is 105 cm³/mol. The Hall–Kier alpha value is -2.00. The Bertz CT molecular complexity index is 787. The molecular weight excluding hydrogens is 332 g/mol. The van der Waals surface area contributed by atoms with Gasteiger partial charge in [-0.25, -0.2) is 0 Å². The Morgan fingerprint density at radius 3 is 2.64 bits per heavy atom. The molecule has 1 amide bonds. The Morgan fingerprint density at radius 1 is 1.12 bits per heavy atom. The molecule has 4 heteroatoms. The zero-order chi connectivity index (χ0) is 18.0. The van der Waals surface area contributed by atoms with Crippen LogP contribution in [0, 0.1) is 26.7 Å². The van der Waals surface area contributed by atoms with Crippen LogP contribution in [0.4, 0.5) is 5.69 Å². The van der Waals surface area contributed by atoms with Crippen molar-refractivity contribution in [2.75, 3.05) is 24.5 Å². The fourth-order valence-electron chi connectivity index (χ4n) is 3.36. The van der Waals surface area contributed by atoms with Crippen molar-refractivity contribution < 1.29 is 4.79 Å². The number of hydrogen-bond acceptors (Lipinski definition) is 2. The highest BCUT2D eigenvalue weighted by molar-refractivity contribution is 6.30. The summed E-state index contributed by atoms with van der Waals surface area (Å²) in [5.41, 5.74) is 5.54. The Balaban J connectivity index is 1.57. The van der Waals surface area contributed by atoms with Crippen molar-refractivity contribution in [3.05, 3.63) is 63.7 Å². The zero-order valence-corrected chi connectivity index (χ0v) is 15.9. The molecule has 1 saturated heterocycles. The molecule has 0 aromatic heterocycles. The van der Waals surface area contributed by atoms with Crippen molar-refractivity contribution in [1.29, 1.82) is 0 Å². The SMILES string of the molecule is Cc1ccc(C(=O)NCC2CCN(c3cc(Cl)ccc3C)C2)cc1C. The third-order valence-corrected chi connectivity index (χ3v) is 5.35. The molecule has 132 valence electrons. The van der Waals surface area contributed by atoms with Crippen LogP contribution in [0.1, 0.15) is 33.5 Å². The van der Waals surface area contributed by atoms with Gasteiger partial charge in [-0.15, -0.1) is 0 Å². The van der Waals surface area contributed by atoms with Crippen LogP contribution in [0.5, 0.6) is 0 Å². The lowest BCUT2D eigenvalue weighted by Gasteiger charge is -2.21. The van der Waals surface area contributed by atoms with Gasteiger partial charge in [-0.2, -0.15) is 0 Å². The van der Waals surface area contributed by atoms with Crippen LogP contribution in [0.3, 0.4) is 0 Å². The van der Waals surface area contributed by atoms with Crippen LogP contribution >= 0.6 is 11.6 Å². The molecule has 1 atom stereocenters. The molecule has 1 aliphatic rings. The van der Waals surface area contributed by atoms with E-state index >= 15 is 0 Å². The van der Waals surface area contributed by atoms with Crippen molar-refractivity contribution in [2.45, 2.75) is 27.2 Å². The summed E-state index contributed by atoms with van der Waals surface area (Å²) < 4.78 is 0. The Morgan fingerprint density at radius 2 is 1.88 bits per heavy atom. The van der Waals surface area contributed by atoms with E-state index < -0.39 is 0 Å². The van der Waals surface area contributed by atoms with Gasteiger partial charge in [0.15, 0.2) is 0 Å². The molecule has 3 rings (SSSR count). The number of anilines is 1. The molecule has 0 aliphatic carbocycles. The summed E-state index contributed by atoms with van der Waals surface area (Å²) in [5.74, 6) is 0.481. The fraction of sp³-hybridized carbons (Fsp3) is 0.381. The largest absolute Gasteiger partial charge is 0.371 e. The van der Waals surface area contributed by atoms with Crippen molar-refractivity contribution >= 4 is 23.2 Å². The molecule has 1 fully saturated rings. The molecule has 3 nitrogen and oxygen atoms in total. The van der Waals surface area contributed by atoms with Gasteiger partial charge in [0.2, 0.25) is 0 Å². The average Bonchev–Trinajstić information content (AvgIpc) is 3.06. The van der Waals surface area contributed by atoms with Crippen molar-refractivity contribution in [3.8, 4) is 0 Å². The Labute approximate surface area is 155 Å². The third kappa shape index (κ3) is 4.16. The van der Waals surface area contributed by atoms with Gasteiger partial charge in [-0.1, -0.05) is 23.7 Å². The maximum Gasteiger partial charge on any atom is 0.251 e. The van der Waals surface area contributed by atoms with E-state index in [1.54, 1.807) is 0 Å². The second-order valence-corrected chi connectivity index (χ2v) is 7.48. The number of hydrogen-bond donors (Lipinski definition) is 1. The van der Waals surface area contributed by atoms with Crippen LogP contribution in [0.2, 0.25) is 5.02 Å². The number of aryl methyl sites for hydroxylation is 3. The number of rotatable bonds is 4. The lowest BCUT2D eigenvalue weighted by molar-refractivity contribution is 0.0948. The minimum Gasteiger partial charge on any atom is -0.371 e. The summed E-state index contributed by atoms with van der Waals surface area (Å²) in [6.45, 7) is 8.87. The van der Waals surface area contributed by atoms with Gasteiger partial charge in [-0.05, 0) is 74.1 Å². The van der Waals surface area contributed by atoms with E-state index in [0.717, 1.165) is 35.7 Å². The van der Waals surface area contributed by atoms with E-state index in [1.807, 2.05) is 37.3 Å². The summed E-state index contributed by atoms with van der Waals surface area (Å²) in [6.07, 6.45) is 1.08. The van der Waals surface area contributed by atoms with Gasteiger partial charge in [0.05, 0.1) is 0 Å². The van der Waals surface area contributed by atoms with E-state index in [-0.39, 0.29) is 5.91 Å². The molecule has 2 aromatic carbocycles. The molecule has 1 heterocycles. The van der Waals surface area contributed by atoms with Crippen LogP contribution in [-0.2, 0) is 0 Å². The van der Waals surface area contributed by atoms with Gasteiger partial charge < -0.3 is 10.2 Å². The topological polar surface area (TPSA) is 32.3 Å². The second kappa shape index (κ2) is 7.49. The average molecular weight is 357 g/mol. The second-order valence-electron chi connectivity index (χ2n) is 7.04. The van der Waals surface area contributed by atoms with Crippen molar-refractivity contribution in [2.24, 2.45) is 5.92 Å². The van der Waals surface area contributed by atoms with Crippen LogP contribution in [0.15, 0.2) is 36.4 Å². The number of benzene rings is 2. The standard InChI is InChI=1S/C21H25ClN2O/c1-14-4-6-18(10-16(14)3)21(25)23-12-17-8-9-24(13-17)20-11-19(22)7-5-15(20)2/h4-7,10-11,17H,8-9,12-13H2,1-3H3,(H,23,25). The highest BCUT2D eigenvalue weighted by Crippen LogP contribution is 2.29. The minimum absolute atomic E-state index is 0.0143. The number of nitrogens with zero attached hydrogens (tertiary/aromatic N) is 1. The monoisotopic (exact) mass is 356 g/mol. The van der Waals surface area contributed by atoms with Crippen LogP contribution in [0.25, 0.3) is 0 Å². The highest BCUT2D eigenvalue weighted by Gasteiger charge is 2.24. The predicted octanol–water partition coefficient (Wildman–Crippen LogP) is 4.52. The number of amides is 1. The maximum atomic E-state index is 12.4. The third-order valence-electron chi connectivity index (χ3n) is 5.12. The molecule has 0 bridgehead atoms. The molecule has 0 saturated carbocycles. The van der Waals surface area contributed by atoms with Gasteiger partial charge in [0, 0.05) is 35.9 Å². The number of nitrogens with one attached hydrogen (secondary N) is 1. The van der Waals surface area contributed by atoms with E-state index in [4.69, 9.17) is 11.6 Å². The summed E-state index contributed by atoms with van der Waals surface area (Å²) in [6, 6.07) is 11.9. The van der Waals surface area contributed by atoms with Gasteiger partial charge in [0.25, 0.3) is 5.91 Å². The van der Waals surface area contributed by atoms with E-state index in [2.05, 4.69) is 30.1 Å². The quantitative estimate of drug-likeness (QED) is 0.873. The first-order valence-electron chi connectivity index (χ1n) is 8.80. The maximum absolute atomic E-state index is 12.4. The lowest BCUT2D eigenvalue weighted by atomic mass is 10.1. The van der Waals surface area contributed by atoms with Crippen LogP contribution in [-0.4, -0.2) is 25.5 Å². The fourth-order valence-corrected chi connectivity index (χ4v) is 3.53. The van der Waals surface area contributed by atoms with Gasteiger partial charge in [-0.3, -0.25) is 4.79 Å². The molecule has 1 aliphatic heterocycles. The van der Waals surface area contributed by atoms with E-state index in [1.165, 1.54) is 16.8 Å². The van der Waals surface area contributed by atoms with E-state index in [0.29, 0.717) is 12.5 Å². The normalized spacial score (nSPS) is 17.0. The zero-order valence-electron chi connectivity index (χ0n) is 15.1. The summed E-state index contributed by atoms with van der Waals surface area (Å²) in [4.78, 5) is 14.7. The molecular formula is C21H25ClN2O. The first-order valence-corrected chi connectivity index (χ1v) is 9.18.